The van der Waals surface area contributed by atoms with E-state index in [-0.39, 0.29) is 17.4 Å². The monoisotopic (exact) mass is 300 g/mol. The van der Waals surface area contributed by atoms with Gasteiger partial charge >= 0.3 is 5.97 Å². The molecule has 0 aromatic carbocycles. The lowest BCUT2D eigenvalue weighted by molar-refractivity contribution is -0.149. The van der Waals surface area contributed by atoms with Crippen LogP contribution in [0.4, 0.5) is 0 Å². The Morgan fingerprint density at radius 1 is 1.50 bits per heavy atom. The van der Waals surface area contributed by atoms with Gasteiger partial charge in [-0.25, -0.2) is 4.79 Å². The van der Waals surface area contributed by atoms with Crippen molar-refractivity contribution < 1.29 is 18.9 Å². The molecule has 3 atom stereocenters. The molecule has 0 aliphatic carbocycles. The first-order valence-electron chi connectivity index (χ1n) is 6.85. The molecule has 6 nitrogen and oxygen atoms in total. The van der Waals surface area contributed by atoms with Crippen LogP contribution in [-0.2, 0) is 20.4 Å². The Morgan fingerprint density at radius 3 is 2.80 bits per heavy atom. The van der Waals surface area contributed by atoms with Crippen LogP contribution in [0.3, 0.4) is 0 Å². The fraction of sp³-hybridized carbons (Fsp3) is 0.692. The number of β-lactam (4-membered cyclic amide) rings is 1. The number of rotatable bonds is 6. The number of nitrogens with zero attached hydrogens (tertiary/aromatic N) is 1. The molecule has 2 rings (SSSR count). The maximum Gasteiger partial charge on any atom is 0.352 e. The maximum absolute atomic E-state index is 12.1. The van der Waals surface area contributed by atoms with Crippen LogP contribution in [0.2, 0.25) is 0 Å². The van der Waals surface area contributed by atoms with Gasteiger partial charge < -0.3 is 10.4 Å². The van der Waals surface area contributed by atoms with Crippen LogP contribution >= 0.6 is 0 Å². The number of carbonyl (C=O) groups is 2. The van der Waals surface area contributed by atoms with Gasteiger partial charge in [0.15, 0.2) is 0 Å². The van der Waals surface area contributed by atoms with Gasteiger partial charge in [0.05, 0.1) is 10.8 Å². The lowest BCUT2D eigenvalue weighted by Gasteiger charge is -2.49. The van der Waals surface area contributed by atoms with E-state index in [1.807, 2.05) is 0 Å². The molecule has 0 spiro atoms. The zero-order valence-electron chi connectivity index (χ0n) is 11.7. The van der Waals surface area contributed by atoms with E-state index in [4.69, 9.17) is 0 Å². The molecular formula is C13H20N2O4S. The number of nitrogens with one attached hydrogen (secondary N) is 1. The summed E-state index contributed by atoms with van der Waals surface area (Å²) in [5.41, 5.74) is 0.510. The SMILES string of the molecule is CCCCCN[C@@H]1C(=O)N2C(C(=O)O)=C(C)CS(=O)[C@H]12. The van der Waals surface area contributed by atoms with Gasteiger partial charge in [0, 0.05) is 5.75 Å². The molecule has 2 aliphatic heterocycles. The molecule has 2 heterocycles. The van der Waals surface area contributed by atoms with E-state index < -0.39 is 28.2 Å². The van der Waals surface area contributed by atoms with E-state index >= 15 is 0 Å². The summed E-state index contributed by atoms with van der Waals surface area (Å²) in [5, 5.41) is 11.8. The zero-order chi connectivity index (χ0) is 14.9. The average molecular weight is 300 g/mol. The van der Waals surface area contributed by atoms with Crippen molar-refractivity contribution in [2.75, 3.05) is 12.3 Å². The lowest BCUT2D eigenvalue weighted by atomic mass is 10.0. The minimum Gasteiger partial charge on any atom is -0.477 e. The molecule has 0 saturated carbocycles. The number of carboxylic acids is 1. The van der Waals surface area contributed by atoms with Gasteiger partial charge in [-0.2, -0.15) is 0 Å². The van der Waals surface area contributed by atoms with E-state index in [0.717, 1.165) is 19.3 Å². The van der Waals surface area contributed by atoms with E-state index in [1.165, 1.54) is 4.90 Å². The van der Waals surface area contributed by atoms with Crippen molar-refractivity contribution in [3.05, 3.63) is 11.3 Å². The molecule has 1 fully saturated rings. The van der Waals surface area contributed by atoms with Crippen molar-refractivity contribution in [1.29, 1.82) is 0 Å². The third-order valence-electron chi connectivity index (χ3n) is 3.66. The Balaban J connectivity index is 2.08. The molecule has 0 bridgehead atoms. The molecule has 2 N–H and O–H groups in total. The van der Waals surface area contributed by atoms with Crippen LogP contribution in [0, 0.1) is 0 Å². The molecule has 2 aliphatic rings. The first-order chi connectivity index (χ1) is 9.49. The van der Waals surface area contributed by atoms with Crippen molar-refractivity contribution in [3.63, 3.8) is 0 Å². The van der Waals surface area contributed by atoms with E-state index in [2.05, 4.69) is 12.2 Å². The molecule has 20 heavy (non-hydrogen) atoms. The van der Waals surface area contributed by atoms with Crippen molar-refractivity contribution in [1.82, 2.24) is 10.2 Å². The van der Waals surface area contributed by atoms with Gasteiger partial charge in [0.1, 0.15) is 17.1 Å². The Bertz CT molecular complexity index is 489. The second kappa shape index (κ2) is 6.05. The summed E-state index contributed by atoms with van der Waals surface area (Å²) in [6.07, 6.45) is 3.12. The number of fused-ring (bicyclic) bond motifs is 1. The third-order valence-corrected chi connectivity index (χ3v) is 5.40. The smallest absolute Gasteiger partial charge is 0.352 e. The van der Waals surface area contributed by atoms with E-state index in [9.17, 15) is 18.9 Å². The summed E-state index contributed by atoms with van der Waals surface area (Å²) in [7, 11) is -1.23. The maximum atomic E-state index is 12.1. The fourth-order valence-electron chi connectivity index (χ4n) is 2.65. The molecule has 1 unspecified atom stereocenters. The van der Waals surface area contributed by atoms with Gasteiger partial charge in [-0.3, -0.25) is 13.9 Å². The highest BCUT2D eigenvalue weighted by Gasteiger charge is 2.55. The Morgan fingerprint density at radius 2 is 2.20 bits per heavy atom. The Kier molecular flexibility index (Phi) is 4.59. The molecule has 0 aromatic rings. The first-order valence-corrected chi connectivity index (χ1v) is 8.24. The molecule has 7 heteroatoms. The summed E-state index contributed by atoms with van der Waals surface area (Å²) < 4.78 is 12.1. The van der Waals surface area contributed by atoms with Crippen molar-refractivity contribution in [2.24, 2.45) is 0 Å². The minimum atomic E-state index is -1.23. The van der Waals surface area contributed by atoms with E-state index in [1.54, 1.807) is 6.92 Å². The van der Waals surface area contributed by atoms with Crippen molar-refractivity contribution in [3.8, 4) is 0 Å². The van der Waals surface area contributed by atoms with Gasteiger partial charge in [-0.05, 0) is 25.5 Å². The summed E-state index contributed by atoms with van der Waals surface area (Å²) in [6, 6.07) is -0.505. The highest BCUT2D eigenvalue weighted by molar-refractivity contribution is 7.86. The first kappa shape index (κ1) is 15.2. The molecular weight excluding hydrogens is 280 g/mol. The lowest BCUT2D eigenvalue weighted by Crippen LogP contribution is -2.73. The number of carboxylic acid groups (broad SMARTS) is 1. The number of amides is 1. The molecule has 112 valence electrons. The Hall–Kier alpha value is -1.21. The predicted molar refractivity (Wildman–Crippen MR) is 75.3 cm³/mol. The predicted octanol–water partition coefficient (Wildman–Crippen LogP) is 0.424. The summed E-state index contributed by atoms with van der Waals surface area (Å²) in [6.45, 7) is 4.41. The summed E-state index contributed by atoms with van der Waals surface area (Å²) in [5.74, 6) is -1.18. The van der Waals surface area contributed by atoms with Crippen molar-refractivity contribution in [2.45, 2.75) is 44.5 Å². The number of aliphatic carboxylic acids is 1. The number of hydrogen-bond acceptors (Lipinski definition) is 4. The van der Waals surface area contributed by atoms with Crippen molar-refractivity contribution >= 4 is 22.7 Å². The van der Waals surface area contributed by atoms with Gasteiger partial charge in [-0.1, -0.05) is 19.8 Å². The summed E-state index contributed by atoms with van der Waals surface area (Å²) >= 11 is 0. The molecule has 0 aromatic heterocycles. The van der Waals surface area contributed by atoms with Crippen LogP contribution < -0.4 is 5.32 Å². The second-order valence-electron chi connectivity index (χ2n) is 5.20. The molecule has 1 saturated heterocycles. The number of unbranched alkanes of at least 4 members (excludes halogenated alkanes) is 2. The second-order valence-corrected chi connectivity index (χ2v) is 6.73. The van der Waals surface area contributed by atoms with Crippen LogP contribution in [0.25, 0.3) is 0 Å². The van der Waals surface area contributed by atoms with Crippen LogP contribution in [-0.4, -0.2) is 49.8 Å². The topological polar surface area (TPSA) is 86.7 Å². The van der Waals surface area contributed by atoms with Gasteiger partial charge in [0.2, 0.25) is 5.91 Å². The largest absolute Gasteiger partial charge is 0.477 e. The van der Waals surface area contributed by atoms with E-state index in [0.29, 0.717) is 12.1 Å². The van der Waals surface area contributed by atoms with Gasteiger partial charge in [-0.15, -0.1) is 0 Å². The quantitative estimate of drug-likeness (QED) is 0.548. The summed E-state index contributed by atoms with van der Waals surface area (Å²) in [4.78, 5) is 24.5. The molecule has 0 radical (unpaired) electrons. The van der Waals surface area contributed by atoms with Gasteiger partial charge in [0.25, 0.3) is 0 Å². The highest BCUT2D eigenvalue weighted by Crippen LogP contribution is 2.34. The fourth-order valence-corrected chi connectivity index (χ4v) is 4.34. The zero-order valence-corrected chi connectivity index (χ0v) is 12.5. The van der Waals surface area contributed by atoms with Crippen LogP contribution in [0.15, 0.2) is 11.3 Å². The third kappa shape index (κ3) is 2.52. The normalized spacial score (nSPS) is 29.2. The molecule has 1 amide bonds. The number of hydrogen-bond donors (Lipinski definition) is 2. The average Bonchev–Trinajstić information content (AvgIpc) is 2.38. The Labute approximate surface area is 120 Å². The van der Waals surface area contributed by atoms with Crippen LogP contribution in [0.1, 0.15) is 33.1 Å². The minimum absolute atomic E-state index is 0.00575. The standard InChI is InChI=1S/C13H20N2O4S/c1-3-4-5-6-14-9-11(16)15-10(13(17)18)8(2)7-20(19)12(9)15/h9,12,14H,3-7H2,1-2H3,(H,17,18)/t9-,12-,20?/m1/s1. The highest BCUT2D eigenvalue weighted by atomic mass is 32.2. The number of carbonyl (C=O) groups excluding carboxylic acids is 1. The van der Waals surface area contributed by atoms with Crippen LogP contribution in [0.5, 0.6) is 0 Å².